The number of aryl methyl sites for hydroxylation is 1. The van der Waals surface area contributed by atoms with Gasteiger partial charge in [-0.2, -0.15) is 0 Å². The summed E-state index contributed by atoms with van der Waals surface area (Å²) < 4.78 is 40.4. The van der Waals surface area contributed by atoms with Crippen LogP contribution in [0.15, 0.2) is 36.5 Å². The van der Waals surface area contributed by atoms with Gasteiger partial charge in [0.05, 0.1) is 11.9 Å². The highest BCUT2D eigenvalue weighted by Crippen LogP contribution is 2.28. The van der Waals surface area contributed by atoms with Crippen LogP contribution in [0.4, 0.5) is 13.2 Å². The number of rotatable bonds is 3. The Hall–Kier alpha value is -1.56. The SMILES string of the molecule is Cc1cc(-c2ccc(CBr)cc2)ncc1OC(F)(F)F. The van der Waals surface area contributed by atoms with Gasteiger partial charge in [0.25, 0.3) is 0 Å². The van der Waals surface area contributed by atoms with E-state index in [2.05, 4.69) is 25.7 Å². The number of aromatic nitrogens is 1. The van der Waals surface area contributed by atoms with Crippen molar-refractivity contribution in [2.75, 3.05) is 0 Å². The van der Waals surface area contributed by atoms with Crippen molar-refractivity contribution in [3.63, 3.8) is 0 Å². The van der Waals surface area contributed by atoms with Crippen molar-refractivity contribution >= 4 is 15.9 Å². The number of hydrogen-bond acceptors (Lipinski definition) is 2. The van der Waals surface area contributed by atoms with E-state index >= 15 is 0 Å². The van der Waals surface area contributed by atoms with Gasteiger partial charge in [-0.15, -0.1) is 13.2 Å². The summed E-state index contributed by atoms with van der Waals surface area (Å²) in [7, 11) is 0. The van der Waals surface area contributed by atoms with Crippen LogP contribution in [0.25, 0.3) is 11.3 Å². The summed E-state index contributed by atoms with van der Waals surface area (Å²) in [5, 5.41) is 0.748. The Bertz CT molecular complexity index is 596. The molecule has 0 spiro atoms. The minimum Gasteiger partial charge on any atom is -0.404 e. The lowest BCUT2D eigenvalue weighted by Gasteiger charge is -2.12. The molecule has 0 fully saturated rings. The van der Waals surface area contributed by atoms with Crippen LogP contribution in [0.1, 0.15) is 11.1 Å². The molecule has 0 aliphatic carbocycles. The minimum absolute atomic E-state index is 0.279. The third kappa shape index (κ3) is 3.72. The maximum Gasteiger partial charge on any atom is 0.573 e. The molecule has 1 aromatic heterocycles. The Morgan fingerprint density at radius 3 is 2.35 bits per heavy atom. The quantitative estimate of drug-likeness (QED) is 0.741. The lowest BCUT2D eigenvalue weighted by molar-refractivity contribution is -0.274. The van der Waals surface area contributed by atoms with Crippen LogP contribution in [0.2, 0.25) is 0 Å². The highest BCUT2D eigenvalue weighted by Gasteiger charge is 2.31. The molecule has 0 radical (unpaired) electrons. The number of alkyl halides is 4. The molecule has 1 aromatic carbocycles. The van der Waals surface area contributed by atoms with Crippen molar-refractivity contribution in [1.82, 2.24) is 4.98 Å². The van der Waals surface area contributed by atoms with E-state index in [4.69, 9.17) is 0 Å². The van der Waals surface area contributed by atoms with Crippen molar-refractivity contribution < 1.29 is 17.9 Å². The highest BCUT2D eigenvalue weighted by atomic mass is 79.9. The molecule has 0 N–H and O–H groups in total. The predicted octanol–water partition coefficient (Wildman–Crippen LogP) is 4.85. The second-order valence-electron chi connectivity index (χ2n) is 4.21. The van der Waals surface area contributed by atoms with Gasteiger partial charge in [0.15, 0.2) is 5.75 Å². The molecule has 1 heterocycles. The van der Waals surface area contributed by atoms with Crippen LogP contribution in [-0.2, 0) is 5.33 Å². The summed E-state index contributed by atoms with van der Waals surface area (Å²) in [5.74, 6) is -0.279. The summed E-state index contributed by atoms with van der Waals surface area (Å²) in [5.41, 5.74) is 2.95. The number of benzene rings is 1. The van der Waals surface area contributed by atoms with Crippen LogP contribution in [0, 0.1) is 6.92 Å². The van der Waals surface area contributed by atoms with E-state index in [9.17, 15) is 13.2 Å². The monoisotopic (exact) mass is 345 g/mol. The Labute approximate surface area is 122 Å². The van der Waals surface area contributed by atoms with Gasteiger partial charge >= 0.3 is 6.36 Å². The Balaban J connectivity index is 2.28. The third-order valence-corrected chi connectivity index (χ3v) is 3.34. The maximum absolute atomic E-state index is 12.2. The number of hydrogen-bond donors (Lipinski definition) is 0. The first-order valence-corrected chi connectivity index (χ1v) is 6.89. The zero-order chi connectivity index (χ0) is 14.8. The number of pyridine rings is 1. The molecule has 2 rings (SSSR count). The van der Waals surface area contributed by atoms with E-state index in [1.807, 2.05) is 24.3 Å². The van der Waals surface area contributed by atoms with Crippen LogP contribution >= 0.6 is 15.9 Å². The van der Waals surface area contributed by atoms with Gasteiger partial charge in [0, 0.05) is 10.9 Å². The molecule has 20 heavy (non-hydrogen) atoms. The molecular formula is C14H11BrF3NO. The van der Waals surface area contributed by atoms with Gasteiger partial charge in [-0.1, -0.05) is 40.2 Å². The summed E-state index contributed by atoms with van der Waals surface area (Å²) in [4.78, 5) is 4.01. The van der Waals surface area contributed by atoms with Gasteiger partial charge in [0.1, 0.15) is 0 Å². The molecule has 0 unspecified atom stereocenters. The Kier molecular flexibility index (Phi) is 4.32. The first kappa shape index (κ1) is 14.8. The number of ether oxygens (including phenoxy) is 1. The Morgan fingerprint density at radius 2 is 1.85 bits per heavy atom. The Morgan fingerprint density at radius 1 is 1.20 bits per heavy atom. The maximum atomic E-state index is 12.2. The normalized spacial score (nSPS) is 11.4. The summed E-state index contributed by atoms with van der Waals surface area (Å²) >= 11 is 3.35. The smallest absolute Gasteiger partial charge is 0.404 e. The molecule has 2 nitrogen and oxygen atoms in total. The minimum atomic E-state index is -4.70. The molecule has 2 aromatic rings. The highest BCUT2D eigenvalue weighted by molar-refractivity contribution is 9.08. The summed E-state index contributed by atoms with van der Waals surface area (Å²) in [6.07, 6.45) is -3.61. The van der Waals surface area contributed by atoms with Crippen LogP contribution in [0.3, 0.4) is 0 Å². The van der Waals surface area contributed by atoms with Crippen molar-refractivity contribution in [3.05, 3.63) is 47.7 Å². The zero-order valence-electron chi connectivity index (χ0n) is 10.5. The lowest BCUT2D eigenvalue weighted by Crippen LogP contribution is -2.17. The topological polar surface area (TPSA) is 22.1 Å². The van der Waals surface area contributed by atoms with Gasteiger partial charge < -0.3 is 4.74 Å². The molecule has 106 valence electrons. The standard InChI is InChI=1S/C14H11BrF3NO/c1-9-6-12(11-4-2-10(7-15)3-5-11)19-8-13(9)20-14(16,17)18/h2-6,8H,7H2,1H3. The van der Waals surface area contributed by atoms with E-state index in [1.165, 1.54) is 0 Å². The fraction of sp³-hybridized carbons (Fsp3) is 0.214. The van der Waals surface area contributed by atoms with Gasteiger partial charge in [-0.25, -0.2) is 0 Å². The van der Waals surface area contributed by atoms with E-state index < -0.39 is 6.36 Å². The molecule has 0 aliphatic heterocycles. The summed E-state index contributed by atoms with van der Waals surface area (Å²) in [6, 6.07) is 9.19. The first-order valence-electron chi connectivity index (χ1n) is 5.77. The molecule has 6 heteroatoms. The van der Waals surface area contributed by atoms with Gasteiger partial charge in [0.2, 0.25) is 0 Å². The van der Waals surface area contributed by atoms with Crippen molar-refractivity contribution in [2.24, 2.45) is 0 Å². The largest absolute Gasteiger partial charge is 0.573 e. The molecular weight excluding hydrogens is 335 g/mol. The van der Waals surface area contributed by atoms with E-state index in [1.54, 1.807) is 13.0 Å². The van der Waals surface area contributed by atoms with Gasteiger partial charge in [-0.3, -0.25) is 4.98 Å². The molecule has 0 aliphatic rings. The van der Waals surface area contributed by atoms with E-state index in [-0.39, 0.29) is 5.75 Å². The van der Waals surface area contributed by atoms with Crippen LogP contribution in [0.5, 0.6) is 5.75 Å². The second-order valence-corrected chi connectivity index (χ2v) is 4.77. The second kappa shape index (κ2) is 5.83. The van der Waals surface area contributed by atoms with Crippen LogP contribution < -0.4 is 4.74 Å². The van der Waals surface area contributed by atoms with Crippen molar-refractivity contribution in [1.29, 1.82) is 0 Å². The fourth-order valence-electron chi connectivity index (χ4n) is 1.70. The number of halogens is 4. The van der Waals surface area contributed by atoms with Crippen molar-refractivity contribution in [2.45, 2.75) is 18.6 Å². The van der Waals surface area contributed by atoms with E-state index in [0.29, 0.717) is 11.3 Å². The average Bonchev–Trinajstić information content (AvgIpc) is 2.40. The molecule has 0 bridgehead atoms. The fourth-order valence-corrected chi connectivity index (χ4v) is 2.07. The molecule has 0 saturated carbocycles. The zero-order valence-corrected chi connectivity index (χ0v) is 12.1. The third-order valence-electron chi connectivity index (χ3n) is 2.69. The molecule has 0 saturated heterocycles. The first-order chi connectivity index (χ1) is 9.39. The lowest BCUT2D eigenvalue weighted by atomic mass is 10.1. The van der Waals surface area contributed by atoms with Crippen LogP contribution in [-0.4, -0.2) is 11.3 Å². The molecule has 0 atom stereocenters. The number of nitrogens with zero attached hydrogens (tertiary/aromatic N) is 1. The predicted molar refractivity (Wildman–Crippen MR) is 73.7 cm³/mol. The summed E-state index contributed by atoms with van der Waals surface area (Å²) in [6.45, 7) is 1.55. The molecule has 0 amide bonds. The van der Waals surface area contributed by atoms with Gasteiger partial charge in [-0.05, 0) is 24.1 Å². The van der Waals surface area contributed by atoms with E-state index in [0.717, 1.165) is 22.7 Å². The average molecular weight is 346 g/mol. The van der Waals surface area contributed by atoms with Crippen molar-refractivity contribution in [3.8, 4) is 17.0 Å².